The molecule has 0 radical (unpaired) electrons. The van der Waals surface area contributed by atoms with Crippen molar-refractivity contribution in [2.45, 2.75) is 31.6 Å². The van der Waals surface area contributed by atoms with Crippen LogP contribution in [0.3, 0.4) is 0 Å². The number of carbonyl (C=O) groups is 2. The van der Waals surface area contributed by atoms with Gasteiger partial charge in [0.15, 0.2) is 0 Å². The zero-order valence-corrected chi connectivity index (χ0v) is 19.4. The molecule has 1 N–H and O–H groups in total. The molecule has 0 atom stereocenters. The van der Waals surface area contributed by atoms with E-state index in [0.717, 1.165) is 11.3 Å². The summed E-state index contributed by atoms with van der Waals surface area (Å²) >= 11 is 0. The van der Waals surface area contributed by atoms with Gasteiger partial charge in [0.2, 0.25) is 15.9 Å². The number of nitrogens with zero attached hydrogens (tertiary/aromatic N) is 2. The van der Waals surface area contributed by atoms with E-state index in [-0.39, 0.29) is 29.7 Å². The number of nitrogens with one attached hydrogen (secondary N) is 1. The van der Waals surface area contributed by atoms with Gasteiger partial charge in [0.25, 0.3) is 5.91 Å². The molecule has 172 valence electrons. The van der Waals surface area contributed by atoms with Gasteiger partial charge in [0.05, 0.1) is 17.6 Å². The van der Waals surface area contributed by atoms with Gasteiger partial charge in [-0.1, -0.05) is 26.0 Å². The van der Waals surface area contributed by atoms with E-state index in [0.29, 0.717) is 37.4 Å². The number of amides is 2. The van der Waals surface area contributed by atoms with E-state index in [4.69, 9.17) is 4.74 Å². The van der Waals surface area contributed by atoms with E-state index in [9.17, 15) is 18.0 Å². The van der Waals surface area contributed by atoms with Crippen molar-refractivity contribution in [3.05, 3.63) is 53.6 Å². The van der Waals surface area contributed by atoms with Gasteiger partial charge in [-0.05, 0) is 42.3 Å². The summed E-state index contributed by atoms with van der Waals surface area (Å²) in [5.74, 6) is 0.0482. The van der Waals surface area contributed by atoms with E-state index in [1.54, 1.807) is 47.4 Å². The number of hydrogen-bond acceptors (Lipinski definition) is 5. The number of sulfonamides is 1. The van der Waals surface area contributed by atoms with Gasteiger partial charge in [0, 0.05) is 38.3 Å². The van der Waals surface area contributed by atoms with Gasteiger partial charge >= 0.3 is 0 Å². The van der Waals surface area contributed by atoms with Crippen LogP contribution >= 0.6 is 0 Å². The normalized spacial score (nSPS) is 13.2. The number of para-hydroxylation sites is 1. The number of ether oxygens (including phenoxy) is 1. The first kappa shape index (κ1) is 23.7. The summed E-state index contributed by atoms with van der Waals surface area (Å²) in [5.41, 5.74) is 1.98. The summed E-state index contributed by atoms with van der Waals surface area (Å²) in [6, 6.07) is 11.8. The fourth-order valence-electron chi connectivity index (χ4n) is 3.86. The maximum atomic E-state index is 12.8. The highest BCUT2D eigenvalue weighted by Gasteiger charge is 2.28. The van der Waals surface area contributed by atoms with Crippen LogP contribution in [0.25, 0.3) is 0 Å². The average molecular weight is 460 g/mol. The Morgan fingerprint density at radius 1 is 1.12 bits per heavy atom. The highest BCUT2D eigenvalue weighted by atomic mass is 32.2. The summed E-state index contributed by atoms with van der Waals surface area (Å²) < 4.78 is 32.2. The number of rotatable bonds is 9. The molecule has 1 heterocycles. The lowest BCUT2D eigenvalue weighted by molar-refractivity contribution is -0.118. The van der Waals surface area contributed by atoms with E-state index in [2.05, 4.69) is 5.32 Å². The summed E-state index contributed by atoms with van der Waals surface area (Å²) in [6.45, 7) is 5.10. The summed E-state index contributed by atoms with van der Waals surface area (Å²) in [7, 11) is -2.05. The quantitative estimate of drug-likeness (QED) is 0.621. The lowest BCUT2D eigenvalue weighted by atomic mass is 10.2. The summed E-state index contributed by atoms with van der Waals surface area (Å²) in [4.78, 5) is 27.0. The first-order chi connectivity index (χ1) is 15.3. The average Bonchev–Trinajstić information content (AvgIpc) is 3.23. The van der Waals surface area contributed by atoms with E-state index in [1.807, 2.05) is 13.8 Å². The Kier molecular flexibility index (Phi) is 7.52. The largest absolute Gasteiger partial charge is 0.496 e. The topological polar surface area (TPSA) is 96.0 Å². The maximum absolute atomic E-state index is 12.8. The molecule has 32 heavy (non-hydrogen) atoms. The van der Waals surface area contributed by atoms with Crippen molar-refractivity contribution < 1.29 is 22.7 Å². The van der Waals surface area contributed by atoms with E-state index in [1.165, 1.54) is 11.4 Å². The van der Waals surface area contributed by atoms with Crippen LogP contribution in [0.2, 0.25) is 0 Å². The number of benzene rings is 2. The van der Waals surface area contributed by atoms with Gasteiger partial charge in [0.1, 0.15) is 5.75 Å². The second-order valence-electron chi connectivity index (χ2n) is 7.38. The van der Waals surface area contributed by atoms with Crippen LogP contribution in [0.15, 0.2) is 47.4 Å². The Hall–Kier alpha value is -2.91. The molecule has 0 unspecified atom stereocenters. The molecule has 9 heteroatoms. The Morgan fingerprint density at radius 2 is 1.84 bits per heavy atom. The van der Waals surface area contributed by atoms with Gasteiger partial charge in [-0.3, -0.25) is 9.59 Å². The molecule has 0 fully saturated rings. The molecule has 2 aromatic rings. The van der Waals surface area contributed by atoms with Crippen molar-refractivity contribution in [3.63, 3.8) is 0 Å². The second-order valence-corrected chi connectivity index (χ2v) is 9.32. The molecule has 8 nitrogen and oxygen atoms in total. The SMILES string of the molecule is CCN(CC)S(=O)(=O)c1ccc2c(c1)CCN2C(=O)CCNC(=O)c1ccccc1OC. The summed E-state index contributed by atoms with van der Waals surface area (Å²) in [6.07, 6.45) is 0.732. The molecule has 0 spiro atoms. The zero-order valence-electron chi connectivity index (χ0n) is 18.6. The van der Waals surface area contributed by atoms with Gasteiger partial charge in [-0.15, -0.1) is 0 Å². The smallest absolute Gasteiger partial charge is 0.255 e. The lowest BCUT2D eigenvalue weighted by Crippen LogP contribution is -2.33. The molecule has 0 bridgehead atoms. The predicted octanol–water partition coefficient (Wildman–Crippen LogP) is 2.43. The third-order valence-corrected chi connectivity index (χ3v) is 7.61. The second kappa shape index (κ2) is 10.1. The number of hydrogen-bond donors (Lipinski definition) is 1. The Labute approximate surface area is 189 Å². The molecule has 3 rings (SSSR count). The molecule has 1 aliphatic heterocycles. The van der Waals surface area contributed by atoms with Crippen LogP contribution < -0.4 is 15.0 Å². The fourth-order valence-corrected chi connectivity index (χ4v) is 5.36. The third kappa shape index (κ3) is 4.78. The number of fused-ring (bicyclic) bond motifs is 1. The molecule has 1 aliphatic rings. The number of carbonyl (C=O) groups excluding carboxylic acids is 2. The van der Waals surface area contributed by atoms with Crippen molar-refractivity contribution in [1.82, 2.24) is 9.62 Å². The van der Waals surface area contributed by atoms with Gasteiger partial charge in [-0.2, -0.15) is 4.31 Å². The van der Waals surface area contributed by atoms with Crippen molar-refractivity contribution >= 4 is 27.5 Å². The lowest BCUT2D eigenvalue weighted by Gasteiger charge is -2.20. The Bertz CT molecular complexity index is 1100. The van der Waals surface area contributed by atoms with E-state index >= 15 is 0 Å². The molecule has 2 aromatic carbocycles. The van der Waals surface area contributed by atoms with Crippen molar-refractivity contribution in [1.29, 1.82) is 0 Å². The maximum Gasteiger partial charge on any atom is 0.255 e. The third-order valence-electron chi connectivity index (χ3n) is 5.57. The standard InChI is InChI=1S/C23H29N3O5S/c1-4-25(5-2)32(29,30)18-10-11-20-17(16-18)13-15-26(20)22(27)12-14-24-23(28)19-8-6-7-9-21(19)31-3/h6-11,16H,4-5,12-15H2,1-3H3,(H,24,28). The summed E-state index contributed by atoms with van der Waals surface area (Å²) in [5, 5.41) is 2.76. The number of methoxy groups -OCH3 is 1. The molecule has 0 saturated carbocycles. The monoisotopic (exact) mass is 459 g/mol. The minimum atomic E-state index is -3.54. The minimum Gasteiger partial charge on any atom is -0.496 e. The zero-order chi connectivity index (χ0) is 23.3. The van der Waals surface area contributed by atoms with Gasteiger partial charge < -0.3 is 15.0 Å². The minimum absolute atomic E-state index is 0.122. The predicted molar refractivity (Wildman–Crippen MR) is 123 cm³/mol. The highest BCUT2D eigenvalue weighted by Crippen LogP contribution is 2.31. The van der Waals surface area contributed by atoms with Crippen molar-refractivity contribution in [2.24, 2.45) is 0 Å². The molecular weight excluding hydrogens is 430 g/mol. The fraction of sp³-hybridized carbons (Fsp3) is 0.391. The van der Waals surface area contributed by atoms with E-state index < -0.39 is 10.0 Å². The first-order valence-corrected chi connectivity index (χ1v) is 12.1. The van der Waals surface area contributed by atoms with Crippen LogP contribution in [0.4, 0.5) is 5.69 Å². The van der Waals surface area contributed by atoms with Crippen LogP contribution in [0.1, 0.15) is 36.2 Å². The Balaban J connectivity index is 1.64. The molecular formula is C23H29N3O5S. The molecule has 0 aromatic heterocycles. The van der Waals surface area contributed by atoms with Crippen LogP contribution in [-0.2, 0) is 21.2 Å². The molecule has 0 saturated heterocycles. The highest BCUT2D eigenvalue weighted by molar-refractivity contribution is 7.89. The van der Waals surface area contributed by atoms with Gasteiger partial charge in [-0.25, -0.2) is 8.42 Å². The molecule has 2 amide bonds. The molecule has 0 aliphatic carbocycles. The first-order valence-electron chi connectivity index (χ1n) is 10.7. The van der Waals surface area contributed by atoms with Crippen LogP contribution in [0.5, 0.6) is 5.75 Å². The number of anilines is 1. The van der Waals surface area contributed by atoms with Crippen LogP contribution in [-0.4, -0.2) is 57.8 Å². The van der Waals surface area contributed by atoms with Crippen molar-refractivity contribution in [3.8, 4) is 5.75 Å². The Morgan fingerprint density at radius 3 is 2.53 bits per heavy atom. The van der Waals surface area contributed by atoms with Crippen LogP contribution in [0, 0.1) is 0 Å². The van der Waals surface area contributed by atoms with Crippen molar-refractivity contribution in [2.75, 3.05) is 38.2 Å².